The number of benzene rings is 1. The van der Waals surface area contributed by atoms with Crippen LogP contribution in [0.3, 0.4) is 0 Å². The molecule has 0 unspecified atom stereocenters. The van der Waals surface area contributed by atoms with Gasteiger partial charge in [0.25, 0.3) is 5.91 Å². The van der Waals surface area contributed by atoms with Gasteiger partial charge in [0, 0.05) is 22.6 Å². The van der Waals surface area contributed by atoms with Gasteiger partial charge < -0.3 is 4.90 Å². The molecule has 16 heavy (non-hydrogen) atoms. The summed E-state index contributed by atoms with van der Waals surface area (Å²) >= 11 is 9.23. The minimum absolute atomic E-state index is 0.100. The van der Waals surface area contributed by atoms with E-state index in [4.69, 9.17) is 11.6 Å². The van der Waals surface area contributed by atoms with Gasteiger partial charge in [-0.05, 0) is 53.4 Å². The molecule has 0 saturated carbocycles. The Morgan fingerprint density at radius 1 is 1.25 bits per heavy atom. The Morgan fingerprint density at radius 3 is 2.56 bits per heavy atom. The van der Waals surface area contributed by atoms with E-state index in [9.17, 15) is 4.79 Å². The van der Waals surface area contributed by atoms with Crippen LogP contribution in [0.25, 0.3) is 0 Å². The number of piperidine rings is 1. The summed E-state index contributed by atoms with van der Waals surface area (Å²) in [5.41, 5.74) is 0.700. The second kappa shape index (κ2) is 5.19. The summed E-state index contributed by atoms with van der Waals surface area (Å²) in [5, 5.41) is 0.641. The Kier molecular flexibility index (Phi) is 3.87. The predicted octanol–water partition coefficient (Wildman–Crippen LogP) is 3.73. The summed E-state index contributed by atoms with van der Waals surface area (Å²) in [7, 11) is 0. The second-order valence-electron chi connectivity index (χ2n) is 3.98. The van der Waals surface area contributed by atoms with Crippen molar-refractivity contribution < 1.29 is 4.79 Å². The molecule has 86 valence electrons. The highest BCUT2D eigenvalue weighted by Gasteiger charge is 2.19. The van der Waals surface area contributed by atoms with Crippen molar-refractivity contribution in [1.29, 1.82) is 0 Å². The molecule has 2 nitrogen and oxygen atoms in total. The van der Waals surface area contributed by atoms with Gasteiger partial charge in [-0.25, -0.2) is 0 Å². The van der Waals surface area contributed by atoms with Crippen molar-refractivity contribution in [1.82, 2.24) is 4.90 Å². The first kappa shape index (κ1) is 11.9. The van der Waals surface area contributed by atoms with Crippen LogP contribution in [0.4, 0.5) is 0 Å². The molecule has 1 aliphatic rings. The van der Waals surface area contributed by atoms with Gasteiger partial charge >= 0.3 is 0 Å². The summed E-state index contributed by atoms with van der Waals surface area (Å²) in [4.78, 5) is 14.1. The third-order valence-corrected chi connectivity index (χ3v) is 3.70. The zero-order valence-electron chi connectivity index (χ0n) is 8.88. The van der Waals surface area contributed by atoms with Gasteiger partial charge in [0.2, 0.25) is 0 Å². The van der Waals surface area contributed by atoms with E-state index in [1.54, 1.807) is 18.2 Å². The lowest BCUT2D eigenvalue weighted by Crippen LogP contribution is -2.35. The van der Waals surface area contributed by atoms with E-state index in [1.807, 2.05) is 4.90 Å². The Morgan fingerprint density at radius 2 is 1.94 bits per heavy atom. The van der Waals surface area contributed by atoms with Crippen LogP contribution in [-0.2, 0) is 0 Å². The standard InChI is InChI=1S/C12H13BrClNO/c13-11-8-9(14)4-5-10(11)12(16)15-6-2-1-3-7-15/h4-5,8H,1-3,6-7H2. The van der Waals surface area contributed by atoms with Crippen LogP contribution in [0.2, 0.25) is 5.02 Å². The number of hydrogen-bond donors (Lipinski definition) is 0. The first-order valence-electron chi connectivity index (χ1n) is 5.43. The molecule has 1 fully saturated rings. The fourth-order valence-electron chi connectivity index (χ4n) is 1.93. The molecule has 1 aromatic rings. The first-order valence-corrected chi connectivity index (χ1v) is 6.60. The van der Waals surface area contributed by atoms with Crippen LogP contribution in [0.15, 0.2) is 22.7 Å². The maximum absolute atomic E-state index is 12.2. The number of amides is 1. The molecule has 0 aliphatic carbocycles. The Hall–Kier alpha value is -0.540. The van der Waals surface area contributed by atoms with E-state index in [0.29, 0.717) is 10.6 Å². The molecule has 0 bridgehead atoms. The maximum Gasteiger partial charge on any atom is 0.254 e. The lowest BCUT2D eigenvalue weighted by atomic mass is 10.1. The average molecular weight is 303 g/mol. The fourth-order valence-corrected chi connectivity index (χ4v) is 2.78. The van der Waals surface area contributed by atoms with Crippen LogP contribution in [0.1, 0.15) is 29.6 Å². The van der Waals surface area contributed by atoms with Gasteiger partial charge in [-0.15, -0.1) is 0 Å². The molecule has 0 spiro atoms. The molecule has 1 saturated heterocycles. The minimum atomic E-state index is 0.100. The minimum Gasteiger partial charge on any atom is -0.339 e. The van der Waals surface area contributed by atoms with E-state index >= 15 is 0 Å². The number of rotatable bonds is 1. The van der Waals surface area contributed by atoms with Crippen molar-refractivity contribution in [3.05, 3.63) is 33.3 Å². The molecular formula is C12H13BrClNO. The molecule has 1 heterocycles. The molecule has 4 heteroatoms. The van der Waals surface area contributed by atoms with Crippen LogP contribution < -0.4 is 0 Å². The topological polar surface area (TPSA) is 20.3 Å². The first-order chi connectivity index (χ1) is 7.68. The molecule has 0 atom stereocenters. The molecule has 0 radical (unpaired) electrons. The summed E-state index contributed by atoms with van der Waals surface area (Å²) in [5.74, 6) is 0.100. The van der Waals surface area contributed by atoms with Gasteiger partial charge in [-0.3, -0.25) is 4.79 Å². The SMILES string of the molecule is O=C(c1ccc(Cl)cc1Br)N1CCCCC1. The lowest BCUT2D eigenvalue weighted by molar-refractivity contribution is 0.0723. The quantitative estimate of drug-likeness (QED) is 0.774. The molecule has 2 rings (SSSR count). The number of nitrogens with zero attached hydrogens (tertiary/aromatic N) is 1. The number of halogens is 2. The normalized spacial score (nSPS) is 16.2. The largest absolute Gasteiger partial charge is 0.339 e. The van der Waals surface area contributed by atoms with Crippen molar-refractivity contribution in [2.45, 2.75) is 19.3 Å². The second-order valence-corrected chi connectivity index (χ2v) is 5.27. The number of likely N-dealkylation sites (tertiary alicyclic amines) is 1. The molecule has 1 aromatic carbocycles. The highest BCUT2D eigenvalue weighted by atomic mass is 79.9. The smallest absolute Gasteiger partial charge is 0.254 e. The van der Waals surface area contributed by atoms with Crippen LogP contribution in [-0.4, -0.2) is 23.9 Å². The lowest BCUT2D eigenvalue weighted by Gasteiger charge is -2.27. The van der Waals surface area contributed by atoms with Crippen molar-refractivity contribution in [2.75, 3.05) is 13.1 Å². The summed E-state index contributed by atoms with van der Waals surface area (Å²) in [6, 6.07) is 5.30. The third kappa shape index (κ3) is 2.58. The van der Waals surface area contributed by atoms with Crippen molar-refractivity contribution in [2.24, 2.45) is 0 Å². The molecule has 1 aliphatic heterocycles. The predicted molar refractivity (Wildman–Crippen MR) is 68.9 cm³/mol. The van der Waals surface area contributed by atoms with Gasteiger partial charge in [-0.1, -0.05) is 11.6 Å². The third-order valence-electron chi connectivity index (χ3n) is 2.80. The van der Waals surface area contributed by atoms with E-state index in [0.717, 1.165) is 30.4 Å². The fraction of sp³-hybridized carbons (Fsp3) is 0.417. The van der Waals surface area contributed by atoms with Crippen LogP contribution in [0, 0.1) is 0 Å². The van der Waals surface area contributed by atoms with Gasteiger partial charge in [0.1, 0.15) is 0 Å². The average Bonchev–Trinajstić information content (AvgIpc) is 2.29. The monoisotopic (exact) mass is 301 g/mol. The van der Waals surface area contributed by atoms with Crippen LogP contribution in [0.5, 0.6) is 0 Å². The van der Waals surface area contributed by atoms with Crippen molar-refractivity contribution in [3.8, 4) is 0 Å². The van der Waals surface area contributed by atoms with Gasteiger partial charge in [0.15, 0.2) is 0 Å². The van der Waals surface area contributed by atoms with E-state index in [-0.39, 0.29) is 5.91 Å². The summed E-state index contributed by atoms with van der Waals surface area (Å²) < 4.78 is 0.774. The Balaban J connectivity index is 2.19. The number of hydrogen-bond acceptors (Lipinski definition) is 1. The summed E-state index contributed by atoms with van der Waals surface area (Å²) in [6.45, 7) is 1.74. The molecule has 0 aromatic heterocycles. The number of carbonyl (C=O) groups excluding carboxylic acids is 1. The molecular weight excluding hydrogens is 289 g/mol. The number of carbonyl (C=O) groups is 1. The zero-order valence-corrected chi connectivity index (χ0v) is 11.2. The van der Waals surface area contributed by atoms with E-state index in [2.05, 4.69) is 15.9 Å². The van der Waals surface area contributed by atoms with Gasteiger partial charge in [0.05, 0.1) is 5.56 Å². The highest BCUT2D eigenvalue weighted by molar-refractivity contribution is 9.10. The van der Waals surface area contributed by atoms with Gasteiger partial charge in [-0.2, -0.15) is 0 Å². The van der Waals surface area contributed by atoms with E-state index < -0.39 is 0 Å². The maximum atomic E-state index is 12.2. The van der Waals surface area contributed by atoms with E-state index in [1.165, 1.54) is 6.42 Å². The Bertz CT molecular complexity index is 402. The highest BCUT2D eigenvalue weighted by Crippen LogP contribution is 2.24. The van der Waals surface area contributed by atoms with Crippen molar-refractivity contribution >= 4 is 33.4 Å². The molecule has 0 N–H and O–H groups in total. The zero-order chi connectivity index (χ0) is 11.5. The Labute approximate surface area is 109 Å². The molecule has 1 amide bonds. The summed E-state index contributed by atoms with van der Waals surface area (Å²) in [6.07, 6.45) is 3.44. The van der Waals surface area contributed by atoms with Crippen LogP contribution >= 0.6 is 27.5 Å². The van der Waals surface area contributed by atoms with Crippen molar-refractivity contribution in [3.63, 3.8) is 0 Å².